The zero-order chi connectivity index (χ0) is 28.1. The summed E-state index contributed by atoms with van der Waals surface area (Å²) < 4.78 is 77.6. The Hall–Kier alpha value is 1.44. The second kappa shape index (κ2) is 14.3. The fourth-order valence-electron chi connectivity index (χ4n) is 9.09. The molecule has 0 unspecified atom stereocenters. The first kappa shape index (κ1) is 37.6. The Morgan fingerprint density at radius 2 is 1.70 bits per heavy atom. The summed E-state index contributed by atoms with van der Waals surface area (Å²) in [4.78, 5) is 0. The van der Waals surface area contributed by atoms with Gasteiger partial charge in [-0.05, 0) is 97.7 Å². The molecule has 3 fully saturated rings. The van der Waals surface area contributed by atoms with Crippen molar-refractivity contribution in [3.8, 4) is 0 Å². The van der Waals surface area contributed by atoms with Crippen molar-refractivity contribution in [1.82, 2.24) is 0 Å². The quantitative estimate of drug-likeness (QED) is 0.130. The predicted octanol–water partition coefficient (Wildman–Crippen LogP) is -1.69. The van der Waals surface area contributed by atoms with Crippen LogP contribution >= 0.6 is 0 Å². The first-order valence-corrected chi connectivity index (χ1v) is 16.8. The van der Waals surface area contributed by atoms with Crippen molar-refractivity contribution in [2.45, 2.75) is 104 Å². The molecule has 0 bridgehead atoms. The molecule has 4 aliphatic rings. The molecule has 0 aromatic carbocycles. The Morgan fingerprint density at radius 3 is 2.30 bits per heavy atom. The first-order valence-electron chi connectivity index (χ1n) is 14.2. The van der Waals surface area contributed by atoms with Crippen LogP contribution in [0.1, 0.15) is 91.9 Å². The third-order valence-corrected chi connectivity index (χ3v) is 11.7. The number of aliphatic hydroxyl groups is 1. The van der Waals surface area contributed by atoms with E-state index in [0.29, 0.717) is 30.6 Å². The summed E-state index contributed by atoms with van der Waals surface area (Å²) in [5, 5.41) is 10.5. The van der Waals surface area contributed by atoms with Crippen LogP contribution in [0.25, 0.3) is 0 Å². The number of allylic oxidation sites excluding steroid dienone is 1. The number of fused-ring (bicyclic) bond motifs is 5. The minimum absolute atomic E-state index is 0. The molecule has 0 spiro atoms. The molecule has 0 aromatic heterocycles. The molecule has 3 saturated carbocycles. The van der Waals surface area contributed by atoms with Crippen molar-refractivity contribution < 1.29 is 98.5 Å². The molecule has 0 heterocycles. The topological polar surface area (TPSA) is 153 Å². The van der Waals surface area contributed by atoms with E-state index >= 15 is 0 Å². The van der Waals surface area contributed by atoms with Gasteiger partial charge in [0.25, 0.3) is 0 Å². The molecular formula is C27H44Na2O9S2. The van der Waals surface area contributed by atoms with Gasteiger partial charge in [-0.2, -0.15) is 0 Å². The average Bonchev–Trinajstić information content (AvgIpc) is 3.12. The van der Waals surface area contributed by atoms with E-state index < -0.39 is 33.0 Å². The van der Waals surface area contributed by atoms with E-state index in [0.717, 1.165) is 56.9 Å². The Kier molecular flexibility index (Phi) is 13.4. The zero-order valence-corrected chi connectivity index (χ0v) is 30.6. The molecule has 0 aliphatic heterocycles. The van der Waals surface area contributed by atoms with E-state index in [1.807, 2.05) is 0 Å². The molecule has 220 valence electrons. The Labute approximate surface area is 285 Å². The van der Waals surface area contributed by atoms with Gasteiger partial charge in [-0.25, -0.2) is 16.8 Å². The van der Waals surface area contributed by atoms with Crippen LogP contribution in [0.3, 0.4) is 0 Å². The summed E-state index contributed by atoms with van der Waals surface area (Å²) in [5.74, 6) is 1.86. The van der Waals surface area contributed by atoms with Crippen molar-refractivity contribution in [2.75, 3.05) is 6.61 Å². The van der Waals surface area contributed by atoms with Gasteiger partial charge in [-0.15, -0.1) is 0 Å². The van der Waals surface area contributed by atoms with Crippen molar-refractivity contribution in [2.24, 2.45) is 46.3 Å². The molecule has 13 heteroatoms. The monoisotopic (exact) mass is 622 g/mol. The molecule has 4 rings (SSSR count). The molecule has 4 aliphatic carbocycles. The summed E-state index contributed by atoms with van der Waals surface area (Å²) in [6.07, 6.45) is 8.34. The van der Waals surface area contributed by atoms with Gasteiger partial charge in [0, 0.05) is 0 Å². The van der Waals surface area contributed by atoms with Crippen LogP contribution in [0.5, 0.6) is 0 Å². The second-order valence-corrected chi connectivity index (χ2v) is 15.3. The number of hydrogen-bond donors (Lipinski definition) is 1. The predicted molar refractivity (Wildman–Crippen MR) is 139 cm³/mol. The molecule has 9 nitrogen and oxygen atoms in total. The van der Waals surface area contributed by atoms with Crippen LogP contribution in [0, 0.1) is 46.3 Å². The number of aliphatic hydroxyl groups excluding tert-OH is 1. The Morgan fingerprint density at radius 1 is 1.02 bits per heavy atom. The van der Waals surface area contributed by atoms with Crippen molar-refractivity contribution in [3.05, 3.63) is 11.6 Å². The standard InChI is InChI=1S/C27H46O9S2.2Na/c1-17(2)6-5-7-18(16-35-37(29,30)31)21-10-11-22-20-9-8-19-14-24(28)25(36-38(32,33)34)15-27(19,4)23(20)12-13-26(21,22)3;;/h8,17-18,20-25,28H,5-7,9-16H2,1-4H3,(H,29,30,31)(H,32,33,34);;/q;2*+1/p-2/t18-,20-,21+,22-,23-,24-,25-,26+,27-;;/m0../s1. The molecule has 0 radical (unpaired) electrons. The summed E-state index contributed by atoms with van der Waals surface area (Å²) >= 11 is 0. The van der Waals surface area contributed by atoms with Crippen LogP contribution < -0.4 is 59.1 Å². The fraction of sp³-hybridized carbons (Fsp3) is 0.926. The summed E-state index contributed by atoms with van der Waals surface area (Å²) in [6.45, 7) is 8.73. The van der Waals surface area contributed by atoms with Crippen LogP contribution in [0.2, 0.25) is 0 Å². The van der Waals surface area contributed by atoms with E-state index in [4.69, 9.17) is 8.37 Å². The van der Waals surface area contributed by atoms with Crippen molar-refractivity contribution in [3.63, 3.8) is 0 Å². The van der Waals surface area contributed by atoms with E-state index in [1.165, 1.54) is 0 Å². The Balaban J connectivity index is 0.00000280. The molecule has 0 aromatic rings. The normalized spacial score (nSPS) is 38.2. The molecule has 40 heavy (non-hydrogen) atoms. The zero-order valence-electron chi connectivity index (χ0n) is 25.0. The minimum atomic E-state index is -4.93. The van der Waals surface area contributed by atoms with Gasteiger partial charge < -0.3 is 14.2 Å². The van der Waals surface area contributed by atoms with Crippen molar-refractivity contribution >= 4 is 20.8 Å². The van der Waals surface area contributed by atoms with Gasteiger partial charge in [0.2, 0.25) is 20.8 Å². The maximum atomic E-state index is 11.3. The first-order chi connectivity index (χ1) is 17.5. The summed E-state index contributed by atoms with van der Waals surface area (Å²) in [5.41, 5.74) is 0.769. The molecular weight excluding hydrogens is 578 g/mol. The smallest absolute Gasteiger partial charge is 0.726 e. The van der Waals surface area contributed by atoms with Crippen LogP contribution in [0.15, 0.2) is 11.6 Å². The average molecular weight is 623 g/mol. The molecule has 9 atom stereocenters. The maximum absolute atomic E-state index is 11.3. The molecule has 0 saturated heterocycles. The number of rotatable bonds is 10. The van der Waals surface area contributed by atoms with Crippen LogP contribution in [-0.2, 0) is 29.2 Å². The number of hydrogen-bond acceptors (Lipinski definition) is 9. The second-order valence-electron chi connectivity index (χ2n) is 13.3. The third-order valence-electron chi connectivity index (χ3n) is 10.8. The fourth-order valence-corrected chi connectivity index (χ4v) is 9.93. The van der Waals surface area contributed by atoms with Gasteiger partial charge in [0.15, 0.2) is 0 Å². The van der Waals surface area contributed by atoms with Gasteiger partial charge in [0.1, 0.15) is 6.10 Å². The van der Waals surface area contributed by atoms with Crippen LogP contribution in [0.4, 0.5) is 0 Å². The van der Waals surface area contributed by atoms with E-state index in [2.05, 4.69) is 33.8 Å². The van der Waals surface area contributed by atoms with Crippen molar-refractivity contribution in [1.29, 1.82) is 0 Å². The van der Waals surface area contributed by atoms with E-state index in [1.54, 1.807) is 0 Å². The van der Waals surface area contributed by atoms with Gasteiger partial charge in [-0.1, -0.05) is 52.2 Å². The van der Waals surface area contributed by atoms with Gasteiger partial charge in [0.05, 0.1) is 12.7 Å². The van der Waals surface area contributed by atoms with E-state index in [-0.39, 0.29) is 94.3 Å². The van der Waals surface area contributed by atoms with E-state index in [9.17, 15) is 31.0 Å². The van der Waals surface area contributed by atoms with Crippen LogP contribution in [-0.4, -0.2) is 49.9 Å². The molecule has 1 N–H and O–H groups in total. The Bertz CT molecular complexity index is 1110. The minimum Gasteiger partial charge on any atom is -0.726 e. The third kappa shape index (κ3) is 8.37. The van der Waals surface area contributed by atoms with Gasteiger partial charge in [-0.3, -0.25) is 8.37 Å². The largest absolute Gasteiger partial charge is 1.00 e. The summed E-state index contributed by atoms with van der Waals surface area (Å²) in [7, 11) is -9.68. The molecule has 0 amide bonds. The SMILES string of the molecule is CC(C)CCC[C@@H](COS(=O)(=O)[O-])[C@H]1CC[C@H]2[C@@H]3CC=C4C[C@H](O)[C@@H](OS(=O)(=O)[O-])C[C@]4(C)[C@H]3CC[C@]12C.[Na+].[Na+]. The summed E-state index contributed by atoms with van der Waals surface area (Å²) in [6, 6.07) is 0. The van der Waals surface area contributed by atoms with Gasteiger partial charge >= 0.3 is 59.1 Å². The maximum Gasteiger partial charge on any atom is 1.00 e.